The van der Waals surface area contributed by atoms with E-state index in [0.717, 1.165) is 11.1 Å². The fraction of sp³-hybridized carbons (Fsp3) is 0.550. The molecule has 25 heavy (non-hydrogen) atoms. The SMILES string of the molecule is C/C=C(\C)C(=O)O[C@@]1(C)C(=O)O[C@H]2C3=C(C)C=CC(=O)[C@@]3(C)CC[C@@H]21. The molecule has 1 saturated heterocycles. The van der Waals surface area contributed by atoms with E-state index in [9.17, 15) is 14.4 Å². The molecule has 2 fully saturated rings. The van der Waals surface area contributed by atoms with Crippen LogP contribution in [0.3, 0.4) is 0 Å². The van der Waals surface area contributed by atoms with Crippen molar-refractivity contribution in [2.24, 2.45) is 11.3 Å². The van der Waals surface area contributed by atoms with Gasteiger partial charge < -0.3 is 9.47 Å². The fourth-order valence-corrected chi connectivity index (χ4v) is 4.23. The molecule has 0 spiro atoms. The molecule has 2 aliphatic carbocycles. The Kier molecular flexibility index (Phi) is 4.01. The summed E-state index contributed by atoms with van der Waals surface area (Å²) in [7, 11) is 0. The quantitative estimate of drug-likeness (QED) is 0.569. The zero-order valence-corrected chi connectivity index (χ0v) is 15.3. The molecular formula is C20H24O5. The van der Waals surface area contributed by atoms with Crippen molar-refractivity contribution in [2.45, 2.75) is 59.2 Å². The lowest BCUT2D eigenvalue weighted by Gasteiger charge is -2.44. The van der Waals surface area contributed by atoms with Gasteiger partial charge in [-0.1, -0.05) is 12.2 Å². The second-order valence-corrected chi connectivity index (χ2v) is 7.57. The fourth-order valence-electron chi connectivity index (χ4n) is 4.23. The number of hydrogen-bond acceptors (Lipinski definition) is 5. The Labute approximate surface area is 147 Å². The Bertz CT molecular complexity index is 756. The van der Waals surface area contributed by atoms with Crippen LogP contribution in [0.1, 0.15) is 47.5 Å². The van der Waals surface area contributed by atoms with Gasteiger partial charge in [-0.05, 0) is 64.7 Å². The van der Waals surface area contributed by atoms with E-state index in [1.165, 1.54) is 0 Å². The molecular weight excluding hydrogens is 320 g/mol. The minimum atomic E-state index is -1.33. The van der Waals surface area contributed by atoms with Gasteiger partial charge in [-0.25, -0.2) is 9.59 Å². The maximum atomic E-state index is 12.6. The molecule has 0 bridgehead atoms. The summed E-state index contributed by atoms with van der Waals surface area (Å²) in [4.78, 5) is 37.4. The molecule has 1 aliphatic heterocycles. The van der Waals surface area contributed by atoms with E-state index in [2.05, 4.69) is 0 Å². The normalized spacial score (nSPS) is 37.6. The van der Waals surface area contributed by atoms with E-state index in [1.54, 1.807) is 39.0 Å². The van der Waals surface area contributed by atoms with Gasteiger partial charge in [0.2, 0.25) is 5.60 Å². The van der Waals surface area contributed by atoms with Gasteiger partial charge in [0.25, 0.3) is 0 Å². The molecule has 1 saturated carbocycles. The number of carbonyl (C=O) groups excluding carboxylic acids is 3. The standard InChI is InChI=1S/C20H24O5/c1-6-11(2)17(22)25-20(5)13-9-10-19(4)14(21)8-7-12(3)15(19)16(13)24-18(20)23/h6-8,13,16H,9-10H2,1-5H3/b11-6+/t13-,16+,19+,20+/m0/s1. The van der Waals surface area contributed by atoms with Crippen LogP contribution in [0.5, 0.6) is 0 Å². The topological polar surface area (TPSA) is 69.7 Å². The van der Waals surface area contributed by atoms with E-state index < -0.39 is 29.1 Å². The van der Waals surface area contributed by atoms with Gasteiger partial charge in [0, 0.05) is 5.57 Å². The summed E-state index contributed by atoms with van der Waals surface area (Å²) in [5.74, 6) is -1.29. The average Bonchev–Trinajstić information content (AvgIpc) is 2.80. The molecule has 0 unspecified atom stereocenters. The van der Waals surface area contributed by atoms with Crippen molar-refractivity contribution in [3.63, 3.8) is 0 Å². The highest BCUT2D eigenvalue weighted by molar-refractivity contribution is 6.00. The van der Waals surface area contributed by atoms with E-state index >= 15 is 0 Å². The van der Waals surface area contributed by atoms with Crippen LogP contribution >= 0.6 is 0 Å². The molecule has 0 N–H and O–H groups in total. The molecule has 0 radical (unpaired) electrons. The van der Waals surface area contributed by atoms with Crippen LogP contribution in [0.4, 0.5) is 0 Å². The highest BCUT2D eigenvalue weighted by Gasteiger charge is 2.63. The summed E-state index contributed by atoms with van der Waals surface area (Å²) in [5, 5.41) is 0. The maximum Gasteiger partial charge on any atom is 0.351 e. The van der Waals surface area contributed by atoms with E-state index in [4.69, 9.17) is 9.47 Å². The number of rotatable bonds is 2. The van der Waals surface area contributed by atoms with Crippen LogP contribution in [0, 0.1) is 11.3 Å². The van der Waals surface area contributed by atoms with Crippen molar-refractivity contribution >= 4 is 17.7 Å². The van der Waals surface area contributed by atoms with Crippen molar-refractivity contribution in [3.8, 4) is 0 Å². The summed E-state index contributed by atoms with van der Waals surface area (Å²) >= 11 is 0. The van der Waals surface area contributed by atoms with Gasteiger partial charge in [-0.3, -0.25) is 4.79 Å². The second-order valence-electron chi connectivity index (χ2n) is 7.57. The first-order valence-corrected chi connectivity index (χ1v) is 8.66. The van der Waals surface area contributed by atoms with Crippen LogP contribution in [0.25, 0.3) is 0 Å². The van der Waals surface area contributed by atoms with Crippen molar-refractivity contribution < 1.29 is 23.9 Å². The number of hydrogen-bond donors (Lipinski definition) is 0. The van der Waals surface area contributed by atoms with Gasteiger partial charge in [0.1, 0.15) is 6.10 Å². The third kappa shape index (κ3) is 2.40. The minimum absolute atomic E-state index is 0.0398. The number of allylic oxidation sites excluding steroid dienone is 4. The zero-order valence-electron chi connectivity index (χ0n) is 15.3. The van der Waals surface area contributed by atoms with Gasteiger partial charge in [0.15, 0.2) is 5.78 Å². The lowest BCUT2D eigenvalue weighted by Crippen LogP contribution is -2.49. The average molecular weight is 344 g/mol. The highest BCUT2D eigenvalue weighted by Crippen LogP contribution is 2.54. The van der Waals surface area contributed by atoms with Crippen molar-refractivity contribution in [2.75, 3.05) is 0 Å². The molecule has 0 amide bonds. The number of ketones is 1. The third-order valence-corrected chi connectivity index (χ3v) is 6.06. The number of ether oxygens (including phenoxy) is 2. The first-order chi connectivity index (χ1) is 11.6. The van der Waals surface area contributed by atoms with Crippen molar-refractivity contribution in [1.29, 1.82) is 0 Å². The van der Waals surface area contributed by atoms with Gasteiger partial charge in [-0.15, -0.1) is 0 Å². The second kappa shape index (κ2) is 5.68. The van der Waals surface area contributed by atoms with Crippen LogP contribution < -0.4 is 0 Å². The minimum Gasteiger partial charge on any atom is -0.454 e. The van der Waals surface area contributed by atoms with Crippen LogP contribution in [0.15, 0.2) is 34.9 Å². The molecule has 5 heteroatoms. The van der Waals surface area contributed by atoms with E-state index in [1.807, 2.05) is 13.8 Å². The maximum absolute atomic E-state index is 12.6. The summed E-state index contributed by atoms with van der Waals surface area (Å²) in [6.07, 6.45) is 5.70. The Morgan fingerprint density at radius 1 is 1.32 bits per heavy atom. The first-order valence-electron chi connectivity index (χ1n) is 8.66. The van der Waals surface area contributed by atoms with Crippen LogP contribution in [-0.2, 0) is 23.9 Å². The number of carbonyl (C=O) groups is 3. The van der Waals surface area contributed by atoms with Gasteiger partial charge >= 0.3 is 11.9 Å². The Balaban J connectivity index is 2.00. The largest absolute Gasteiger partial charge is 0.454 e. The van der Waals surface area contributed by atoms with Crippen LogP contribution in [0.2, 0.25) is 0 Å². The number of fused-ring (bicyclic) bond motifs is 3. The van der Waals surface area contributed by atoms with Gasteiger partial charge in [0.05, 0.1) is 11.3 Å². The van der Waals surface area contributed by atoms with Crippen molar-refractivity contribution in [3.05, 3.63) is 34.9 Å². The first kappa shape index (κ1) is 17.6. The molecule has 5 nitrogen and oxygen atoms in total. The molecule has 0 aromatic rings. The smallest absolute Gasteiger partial charge is 0.351 e. The molecule has 0 aromatic heterocycles. The summed E-state index contributed by atoms with van der Waals surface area (Å²) in [5.41, 5.74) is 0.279. The Hall–Kier alpha value is -2.17. The third-order valence-electron chi connectivity index (χ3n) is 6.06. The van der Waals surface area contributed by atoms with Gasteiger partial charge in [-0.2, -0.15) is 0 Å². The predicted octanol–water partition coefficient (Wildman–Crippen LogP) is 3.05. The Morgan fingerprint density at radius 2 is 2.00 bits per heavy atom. The summed E-state index contributed by atoms with van der Waals surface area (Å²) in [6, 6.07) is 0. The van der Waals surface area contributed by atoms with E-state index in [-0.39, 0.29) is 11.7 Å². The molecule has 1 heterocycles. The summed E-state index contributed by atoms with van der Waals surface area (Å²) in [6.45, 7) is 8.86. The number of esters is 2. The molecule has 134 valence electrons. The zero-order chi connectivity index (χ0) is 18.6. The molecule has 3 aliphatic rings. The monoisotopic (exact) mass is 344 g/mol. The molecule has 4 atom stereocenters. The van der Waals surface area contributed by atoms with E-state index in [0.29, 0.717) is 18.4 Å². The van der Waals surface area contributed by atoms with Crippen molar-refractivity contribution in [1.82, 2.24) is 0 Å². The summed E-state index contributed by atoms with van der Waals surface area (Å²) < 4.78 is 11.3. The lowest BCUT2D eigenvalue weighted by atomic mass is 9.60. The molecule has 0 aromatic carbocycles. The molecule has 3 rings (SSSR count). The predicted molar refractivity (Wildman–Crippen MR) is 91.5 cm³/mol. The lowest BCUT2D eigenvalue weighted by molar-refractivity contribution is -0.170. The van der Waals surface area contributed by atoms with Crippen LogP contribution in [-0.4, -0.2) is 29.4 Å². The Morgan fingerprint density at radius 3 is 2.64 bits per heavy atom. The highest BCUT2D eigenvalue weighted by atomic mass is 16.6.